The molecule has 8 saturated heterocycles. The van der Waals surface area contributed by atoms with Crippen LogP contribution < -0.4 is 32.3 Å². The largest absolute Gasteiger partial charge is 0.445 e. The van der Waals surface area contributed by atoms with Crippen LogP contribution in [0.4, 0.5) is 10.5 Å². The molecule has 4 unspecified atom stereocenters. The number of primary amides is 1. The van der Waals surface area contributed by atoms with Crippen molar-refractivity contribution >= 4 is 58.9 Å². The van der Waals surface area contributed by atoms with E-state index in [1.54, 1.807) is 19.2 Å². The van der Waals surface area contributed by atoms with E-state index < -0.39 is 132 Å². The second kappa shape index (κ2) is 34.4. The number of Topliss-reactive ketones (excluding diaryl/α,β-unsaturated/α-hetero) is 1. The smallest absolute Gasteiger partial charge is 0.407 e. The summed E-state index contributed by atoms with van der Waals surface area (Å²) in [5.74, 6) is -4.90. The van der Waals surface area contributed by atoms with Gasteiger partial charge in [0, 0.05) is 82.4 Å². The molecule has 9 aliphatic heterocycles. The van der Waals surface area contributed by atoms with E-state index in [4.69, 9.17) is 57.8 Å². The van der Waals surface area contributed by atoms with Crippen LogP contribution in [0.5, 0.6) is 0 Å². The van der Waals surface area contributed by atoms with E-state index in [2.05, 4.69) is 46.7 Å². The number of carbonyl (C=O) groups is 9. The van der Waals surface area contributed by atoms with Crippen LogP contribution >= 0.6 is 0 Å². The molecule has 0 aromatic heterocycles. The number of ketones is 1. The minimum absolute atomic E-state index is 0.00351. The summed E-state index contributed by atoms with van der Waals surface area (Å²) in [7, 11) is 1.56. The van der Waals surface area contributed by atoms with Crippen LogP contribution in [-0.4, -0.2) is 237 Å². The molecule has 29 heteroatoms. The summed E-state index contributed by atoms with van der Waals surface area (Å²) >= 11 is 0. The lowest BCUT2D eigenvalue weighted by atomic mass is 9.81. The molecule has 8 amide bonds. The van der Waals surface area contributed by atoms with Crippen LogP contribution in [0.25, 0.3) is 0 Å². The van der Waals surface area contributed by atoms with Crippen molar-refractivity contribution in [3.8, 4) is 0 Å². The number of hydrogen-bond donors (Lipinski definition) is 8. The first-order valence-electron chi connectivity index (χ1n) is 34.9. The summed E-state index contributed by atoms with van der Waals surface area (Å²) in [5.41, 5.74) is 7.49. The van der Waals surface area contributed by atoms with Gasteiger partial charge in [-0.3, -0.25) is 43.3 Å². The Hall–Kier alpha value is -6.61. The summed E-state index contributed by atoms with van der Waals surface area (Å²) < 4.78 is 69.8. The number of amides is 8. The first-order valence-corrected chi connectivity index (χ1v) is 34.9. The standard InChI is InChI=1S/C70H99N7O22/c1-37-25-46-11-13-52-38(2)26-48(94-52)17-19-70-33-51(80)64(99-70)58-32-56(93-36-70)65-53(97-58)14-12-47(96-65)27-44(78)28-49-55(31-54(95-46)39(37)3)98-57(63(49)89-6)29-45(79)34-72-69(88)92-35-42-7-9-43(10-8-42)75-68(87)50(30-59(71)81)76-67(86)41(5)74-66(85)40(4)73-60(82)18-21-90-23-24-91-22-20-77-61(83)15-16-62(77)84/h7-10,15-16,37,40-41,45-58,63-65,79-80H,2-3,11-14,17-36H2,1,4-6H3,(H2,71,81)(H,72,88)(H,73,82)(H,74,85)(H,75,87)(H,76,86)/t37-,40+,41+,45+,46+,47-,48+,49+,50?,51-,52?,53+,54?,55+,56-,57?,58-,63-,64+,65+,70-/m1/s1. The predicted molar refractivity (Wildman–Crippen MR) is 350 cm³/mol. The third kappa shape index (κ3) is 19.9. The Balaban J connectivity index is 0.677. The number of fused-ring (bicyclic) bond motifs is 10. The fourth-order valence-electron chi connectivity index (χ4n) is 15.1. The van der Waals surface area contributed by atoms with Gasteiger partial charge in [0.1, 0.15) is 42.7 Å². The third-order valence-electron chi connectivity index (χ3n) is 20.5. The molecule has 0 aliphatic carbocycles. The van der Waals surface area contributed by atoms with Gasteiger partial charge >= 0.3 is 6.09 Å². The average Bonchev–Trinajstić information content (AvgIpc) is 1.73. The van der Waals surface area contributed by atoms with Crippen molar-refractivity contribution in [2.75, 3.05) is 58.6 Å². The van der Waals surface area contributed by atoms with E-state index in [0.717, 1.165) is 48.2 Å². The van der Waals surface area contributed by atoms with E-state index in [-0.39, 0.29) is 132 Å². The molecule has 0 radical (unpaired) electrons. The lowest BCUT2D eigenvalue weighted by molar-refractivity contribution is -0.282. The average molecular weight is 1390 g/mol. The minimum Gasteiger partial charge on any atom is -0.445 e. The number of benzene rings is 1. The number of carbonyl (C=O) groups excluding carboxylic acids is 9. The van der Waals surface area contributed by atoms with Gasteiger partial charge in [-0.25, -0.2) is 4.79 Å². The number of nitrogens with two attached hydrogens (primary N) is 1. The van der Waals surface area contributed by atoms with E-state index in [0.29, 0.717) is 50.7 Å². The number of aliphatic hydroxyl groups excluding tert-OH is 2. The number of ether oxygens (including phenoxy) is 11. The van der Waals surface area contributed by atoms with Crippen molar-refractivity contribution in [3.63, 3.8) is 0 Å². The van der Waals surface area contributed by atoms with Crippen LogP contribution in [0.2, 0.25) is 0 Å². The number of methoxy groups -OCH3 is 1. The van der Waals surface area contributed by atoms with Crippen molar-refractivity contribution in [1.82, 2.24) is 26.2 Å². The maximum absolute atomic E-state index is 14.5. The number of anilines is 1. The molecule has 9 N–H and O–H groups in total. The molecule has 9 aliphatic rings. The maximum atomic E-state index is 14.5. The van der Waals surface area contributed by atoms with Crippen LogP contribution in [0, 0.1) is 11.8 Å². The topological polar surface area (TPSA) is 385 Å². The van der Waals surface area contributed by atoms with Crippen LogP contribution in [0.15, 0.2) is 60.7 Å². The highest BCUT2D eigenvalue weighted by Crippen LogP contribution is 2.47. The van der Waals surface area contributed by atoms with E-state index >= 15 is 0 Å². The monoisotopic (exact) mass is 1390 g/mol. The molecule has 10 rings (SSSR count). The lowest BCUT2D eigenvalue weighted by Crippen LogP contribution is -2.59. The Morgan fingerprint density at radius 1 is 0.747 bits per heavy atom. The number of rotatable bonds is 25. The van der Waals surface area contributed by atoms with Gasteiger partial charge in [-0.05, 0) is 100.0 Å². The van der Waals surface area contributed by atoms with Gasteiger partial charge in [0.05, 0.1) is 131 Å². The Morgan fingerprint density at radius 2 is 1.45 bits per heavy atom. The van der Waals surface area contributed by atoms with Gasteiger partial charge in [-0.1, -0.05) is 32.2 Å². The number of hydrogen-bond acceptors (Lipinski definition) is 22. The highest BCUT2D eigenvalue weighted by molar-refractivity contribution is 6.12. The summed E-state index contributed by atoms with van der Waals surface area (Å²) in [6.45, 7) is 14.2. The normalized spacial score (nSPS) is 33.4. The van der Waals surface area contributed by atoms with Gasteiger partial charge in [0.15, 0.2) is 0 Å². The predicted octanol–water partition coefficient (Wildman–Crippen LogP) is 2.09. The summed E-state index contributed by atoms with van der Waals surface area (Å²) in [6, 6.07) is 2.41. The molecule has 0 saturated carbocycles. The van der Waals surface area contributed by atoms with Crippen LogP contribution in [0.1, 0.15) is 129 Å². The molecule has 546 valence electrons. The second-order valence-corrected chi connectivity index (χ2v) is 28.0. The van der Waals surface area contributed by atoms with E-state index in [1.165, 1.54) is 38.1 Å². The van der Waals surface area contributed by atoms with Gasteiger partial charge < -0.3 is 94.6 Å². The first-order chi connectivity index (χ1) is 47.4. The highest BCUT2D eigenvalue weighted by Gasteiger charge is 2.57. The van der Waals surface area contributed by atoms with Crippen LogP contribution in [-0.2, 0) is 97.1 Å². The third-order valence-corrected chi connectivity index (χ3v) is 20.5. The molecule has 10 bridgehead atoms. The molecule has 21 atom stereocenters. The summed E-state index contributed by atoms with van der Waals surface area (Å²) in [4.78, 5) is 116. The zero-order chi connectivity index (χ0) is 70.7. The summed E-state index contributed by atoms with van der Waals surface area (Å²) in [5, 5.41) is 35.6. The van der Waals surface area contributed by atoms with E-state index in [9.17, 15) is 53.4 Å². The Bertz CT molecular complexity index is 3100. The molecular weight excluding hydrogens is 1290 g/mol. The summed E-state index contributed by atoms with van der Waals surface area (Å²) in [6.07, 6.45) is 1.52. The number of nitrogens with one attached hydrogen (secondary N) is 5. The number of aliphatic hydroxyl groups is 2. The van der Waals surface area contributed by atoms with Crippen molar-refractivity contribution < 1.29 is 105 Å². The first kappa shape index (κ1) is 75.1. The Morgan fingerprint density at radius 3 is 2.20 bits per heavy atom. The van der Waals surface area contributed by atoms with Gasteiger partial charge in [-0.2, -0.15) is 0 Å². The fraction of sp³-hybridized carbons (Fsp3) is 0.700. The molecular formula is C70H99N7O22. The molecule has 9 heterocycles. The minimum atomic E-state index is -1.45. The second-order valence-electron chi connectivity index (χ2n) is 28.0. The van der Waals surface area contributed by atoms with Crippen molar-refractivity contribution in [2.45, 2.75) is 245 Å². The number of alkyl carbamates (subject to hydrolysis) is 1. The number of nitrogens with zero attached hydrogens (tertiary/aromatic N) is 1. The Labute approximate surface area is 576 Å². The fourth-order valence-corrected chi connectivity index (χ4v) is 15.1. The van der Waals surface area contributed by atoms with Gasteiger partial charge in [-0.15, -0.1) is 0 Å². The maximum Gasteiger partial charge on any atom is 0.407 e. The quantitative estimate of drug-likeness (QED) is 0.0395. The van der Waals surface area contributed by atoms with Gasteiger partial charge in [0.25, 0.3) is 11.8 Å². The van der Waals surface area contributed by atoms with E-state index in [1.807, 2.05) is 0 Å². The molecule has 1 aromatic rings. The molecule has 99 heavy (non-hydrogen) atoms. The SMILES string of the molecule is C=C1C[C@@H]2CC[C@@]34CO[C@@H]5C[C@@H](O[C@H]6CC[C@H](CC(=O)C[C@H]7[C@H](CC8O[C@@H](CCC1O2)C[C@@H](C)C8=C)OC(C[C@H](O)CNC(=O)OCc1ccc(NC(=O)C(CC(N)=O)NC(=O)[C@H](C)NC(=O)[C@H](C)NC(=O)CCOCCOCCN2C(=O)C=CC2=O)cc1)[C@@H]7OC)O[C@@H]65)[C@@H](O3)[C@H](O)C4. The highest BCUT2D eigenvalue weighted by atomic mass is 16.6. The van der Waals surface area contributed by atoms with Crippen molar-refractivity contribution in [1.29, 1.82) is 0 Å². The number of imide groups is 1. The molecule has 1 aromatic carbocycles. The lowest BCUT2D eigenvalue weighted by Gasteiger charge is -2.49. The molecule has 1 spiro atoms. The van der Waals surface area contributed by atoms with Crippen molar-refractivity contribution in [3.05, 3.63) is 66.3 Å². The van der Waals surface area contributed by atoms with Crippen LogP contribution in [0.3, 0.4) is 0 Å². The Kier molecular flexibility index (Phi) is 26.1. The zero-order valence-electron chi connectivity index (χ0n) is 57.0. The zero-order valence-corrected chi connectivity index (χ0v) is 57.0. The van der Waals surface area contributed by atoms with Gasteiger partial charge in [0.2, 0.25) is 29.5 Å². The molecule has 29 nitrogen and oxygen atoms in total. The van der Waals surface area contributed by atoms with Crippen molar-refractivity contribution in [2.24, 2.45) is 17.6 Å². The molecule has 8 fully saturated rings.